The van der Waals surface area contributed by atoms with Gasteiger partial charge in [-0.2, -0.15) is 0 Å². The van der Waals surface area contributed by atoms with Crippen LogP contribution in [-0.2, 0) is 0 Å². The third kappa shape index (κ3) is 11.5. The summed E-state index contributed by atoms with van der Waals surface area (Å²) in [6, 6.07) is 0. The summed E-state index contributed by atoms with van der Waals surface area (Å²) in [4.78, 5) is 9.60. The maximum absolute atomic E-state index is 4.35. The summed E-state index contributed by atoms with van der Waals surface area (Å²) in [6.45, 7) is 12.1. The zero-order chi connectivity index (χ0) is 18.5. The van der Waals surface area contributed by atoms with Crippen LogP contribution in [0.1, 0.15) is 64.7 Å². The standard InChI is InChI=1S/C21H43N5.HI/c1-20-10-18-26(19-11-20)17-9-13-24-21(22-2)23-12-5-3-6-14-25-15-7-4-8-16-25;/h20H,3-19H2,1-2H3,(H2,22,23,24);1H. The molecule has 6 heteroatoms. The Labute approximate surface area is 185 Å². The molecule has 27 heavy (non-hydrogen) atoms. The molecule has 160 valence electrons. The summed E-state index contributed by atoms with van der Waals surface area (Å²) in [6.07, 6.45) is 12.1. The van der Waals surface area contributed by atoms with Gasteiger partial charge in [0, 0.05) is 20.1 Å². The number of likely N-dealkylation sites (tertiary alicyclic amines) is 2. The van der Waals surface area contributed by atoms with Crippen molar-refractivity contribution < 1.29 is 0 Å². The normalized spacial score (nSPS) is 20.3. The highest BCUT2D eigenvalue weighted by Gasteiger charge is 2.14. The maximum Gasteiger partial charge on any atom is 0.190 e. The van der Waals surface area contributed by atoms with Gasteiger partial charge in [0.05, 0.1) is 0 Å². The SMILES string of the molecule is CN=C(NCCCCCN1CCCCC1)NCCCN1CCC(C)CC1.I. The molecule has 2 fully saturated rings. The number of halogens is 1. The predicted molar refractivity (Wildman–Crippen MR) is 128 cm³/mol. The maximum atomic E-state index is 4.35. The predicted octanol–water partition coefficient (Wildman–Crippen LogP) is 3.55. The second kappa shape index (κ2) is 15.8. The lowest BCUT2D eigenvalue weighted by molar-refractivity contribution is 0.191. The van der Waals surface area contributed by atoms with Gasteiger partial charge in [-0.1, -0.05) is 19.8 Å². The van der Waals surface area contributed by atoms with Crippen molar-refractivity contribution in [2.75, 3.05) is 59.4 Å². The van der Waals surface area contributed by atoms with E-state index in [0.29, 0.717) is 0 Å². The second-order valence-corrected chi connectivity index (χ2v) is 8.27. The fraction of sp³-hybridized carbons (Fsp3) is 0.952. The molecule has 2 aliphatic heterocycles. The highest BCUT2D eigenvalue weighted by molar-refractivity contribution is 14.0. The van der Waals surface area contributed by atoms with E-state index in [4.69, 9.17) is 0 Å². The van der Waals surface area contributed by atoms with Crippen LogP contribution in [0, 0.1) is 5.92 Å². The zero-order valence-corrected chi connectivity index (χ0v) is 20.2. The second-order valence-electron chi connectivity index (χ2n) is 8.27. The van der Waals surface area contributed by atoms with Crippen LogP contribution in [0.2, 0.25) is 0 Å². The lowest BCUT2D eigenvalue weighted by Crippen LogP contribution is -2.40. The van der Waals surface area contributed by atoms with Crippen molar-refractivity contribution in [1.82, 2.24) is 20.4 Å². The molecular weight excluding hydrogens is 449 g/mol. The van der Waals surface area contributed by atoms with E-state index in [0.717, 1.165) is 25.0 Å². The van der Waals surface area contributed by atoms with E-state index < -0.39 is 0 Å². The van der Waals surface area contributed by atoms with Crippen molar-refractivity contribution in [3.8, 4) is 0 Å². The molecule has 2 N–H and O–H groups in total. The van der Waals surface area contributed by atoms with Gasteiger partial charge >= 0.3 is 0 Å². The first-order valence-electron chi connectivity index (χ1n) is 11.2. The van der Waals surface area contributed by atoms with Crippen LogP contribution >= 0.6 is 24.0 Å². The highest BCUT2D eigenvalue weighted by Crippen LogP contribution is 2.15. The summed E-state index contributed by atoms with van der Waals surface area (Å²) in [5.41, 5.74) is 0. The van der Waals surface area contributed by atoms with Crippen LogP contribution in [0.4, 0.5) is 0 Å². The smallest absolute Gasteiger partial charge is 0.190 e. The number of nitrogens with one attached hydrogen (secondary N) is 2. The molecule has 5 nitrogen and oxygen atoms in total. The van der Waals surface area contributed by atoms with E-state index >= 15 is 0 Å². The molecule has 0 saturated carbocycles. The summed E-state index contributed by atoms with van der Waals surface area (Å²) >= 11 is 0. The Morgan fingerprint density at radius 3 is 2.07 bits per heavy atom. The number of nitrogens with zero attached hydrogens (tertiary/aromatic N) is 3. The van der Waals surface area contributed by atoms with Crippen molar-refractivity contribution in [1.29, 1.82) is 0 Å². The Bertz CT molecular complexity index is 377. The van der Waals surface area contributed by atoms with Gasteiger partial charge in [-0.15, -0.1) is 24.0 Å². The van der Waals surface area contributed by atoms with Gasteiger partial charge in [0.1, 0.15) is 0 Å². The van der Waals surface area contributed by atoms with Crippen molar-refractivity contribution >= 4 is 29.9 Å². The monoisotopic (exact) mass is 493 g/mol. The van der Waals surface area contributed by atoms with Gasteiger partial charge in [0.15, 0.2) is 5.96 Å². The summed E-state index contributed by atoms with van der Waals surface area (Å²) in [5, 5.41) is 6.93. The van der Waals surface area contributed by atoms with Gasteiger partial charge in [-0.3, -0.25) is 4.99 Å². The van der Waals surface area contributed by atoms with Crippen molar-refractivity contribution in [2.24, 2.45) is 10.9 Å². The third-order valence-electron chi connectivity index (χ3n) is 5.94. The van der Waals surface area contributed by atoms with Gasteiger partial charge in [-0.05, 0) is 90.1 Å². The summed E-state index contributed by atoms with van der Waals surface area (Å²) in [7, 11) is 1.87. The lowest BCUT2D eigenvalue weighted by Gasteiger charge is -2.30. The number of piperidine rings is 2. The van der Waals surface area contributed by atoms with Crippen LogP contribution in [0.15, 0.2) is 4.99 Å². The van der Waals surface area contributed by atoms with Gasteiger partial charge in [-0.25, -0.2) is 0 Å². The number of aliphatic imine (C=N–C) groups is 1. The Hall–Kier alpha value is -0.0800. The molecule has 2 saturated heterocycles. The topological polar surface area (TPSA) is 42.9 Å². The van der Waals surface area contributed by atoms with Crippen molar-refractivity contribution in [2.45, 2.75) is 64.7 Å². The first-order chi connectivity index (χ1) is 12.8. The first-order valence-corrected chi connectivity index (χ1v) is 11.2. The molecule has 0 unspecified atom stereocenters. The van der Waals surface area contributed by atoms with E-state index in [2.05, 4.69) is 32.3 Å². The van der Waals surface area contributed by atoms with E-state index in [9.17, 15) is 0 Å². The molecule has 0 amide bonds. The van der Waals surface area contributed by atoms with Gasteiger partial charge in [0.25, 0.3) is 0 Å². The van der Waals surface area contributed by atoms with Gasteiger partial charge < -0.3 is 20.4 Å². The van der Waals surface area contributed by atoms with E-state index in [1.165, 1.54) is 97.1 Å². The minimum atomic E-state index is 0. The Kier molecular flexibility index (Phi) is 14.6. The third-order valence-corrected chi connectivity index (χ3v) is 5.94. The molecule has 0 aromatic heterocycles. The molecule has 2 heterocycles. The van der Waals surface area contributed by atoms with Crippen LogP contribution in [0.25, 0.3) is 0 Å². The Balaban J connectivity index is 0.00000364. The highest BCUT2D eigenvalue weighted by atomic mass is 127. The molecule has 0 radical (unpaired) electrons. The van der Waals surface area contributed by atoms with Crippen molar-refractivity contribution in [3.05, 3.63) is 0 Å². The number of rotatable bonds is 10. The van der Waals surface area contributed by atoms with Crippen LogP contribution < -0.4 is 10.6 Å². The molecule has 0 aliphatic carbocycles. The average Bonchev–Trinajstić information content (AvgIpc) is 2.68. The van der Waals surface area contributed by atoms with Crippen molar-refractivity contribution in [3.63, 3.8) is 0 Å². The number of unbranched alkanes of at least 4 members (excludes halogenated alkanes) is 2. The minimum absolute atomic E-state index is 0. The van der Waals surface area contributed by atoms with E-state index in [-0.39, 0.29) is 24.0 Å². The number of hydrogen-bond acceptors (Lipinski definition) is 3. The zero-order valence-electron chi connectivity index (χ0n) is 17.8. The molecule has 0 aromatic rings. The quantitative estimate of drug-likeness (QED) is 0.212. The molecule has 0 aromatic carbocycles. The summed E-state index contributed by atoms with van der Waals surface area (Å²) in [5.74, 6) is 1.89. The van der Waals surface area contributed by atoms with Crippen LogP contribution in [0.5, 0.6) is 0 Å². The van der Waals surface area contributed by atoms with E-state index in [1.807, 2.05) is 7.05 Å². The Morgan fingerprint density at radius 2 is 1.41 bits per heavy atom. The molecule has 2 rings (SSSR count). The fourth-order valence-electron chi connectivity index (χ4n) is 4.04. The average molecular weight is 494 g/mol. The largest absolute Gasteiger partial charge is 0.356 e. The lowest BCUT2D eigenvalue weighted by atomic mass is 9.99. The molecule has 2 aliphatic rings. The molecule has 0 atom stereocenters. The number of hydrogen-bond donors (Lipinski definition) is 2. The molecule has 0 spiro atoms. The summed E-state index contributed by atoms with van der Waals surface area (Å²) < 4.78 is 0. The molecule has 0 bridgehead atoms. The minimum Gasteiger partial charge on any atom is -0.356 e. The molecular formula is C21H44IN5. The fourth-order valence-corrected chi connectivity index (χ4v) is 4.04. The van der Waals surface area contributed by atoms with Crippen LogP contribution in [0.3, 0.4) is 0 Å². The van der Waals surface area contributed by atoms with Gasteiger partial charge in [0.2, 0.25) is 0 Å². The first kappa shape index (κ1) is 25.0. The van der Waals surface area contributed by atoms with Crippen LogP contribution in [-0.4, -0.2) is 75.2 Å². The number of guanidine groups is 1. The Morgan fingerprint density at radius 1 is 0.815 bits per heavy atom. The van der Waals surface area contributed by atoms with E-state index in [1.54, 1.807) is 0 Å².